The minimum absolute atomic E-state index is 0.0617. The Morgan fingerprint density at radius 2 is 2.24 bits per heavy atom. The fourth-order valence-electron chi connectivity index (χ4n) is 1.95. The number of aliphatic carboxylic acids is 1. The molecule has 0 aliphatic carbocycles. The maximum Gasteiger partial charge on any atom is 0.323 e. The van der Waals surface area contributed by atoms with Crippen LogP contribution >= 0.6 is 15.9 Å². The van der Waals surface area contributed by atoms with Gasteiger partial charge in [0.1, 0.15) is 18.9 Å². The van der Waals surface area contributed by atoms with Crippen molar-refractivity contribution in [2.24, 2.45) is 0 Å². The van der Waals surface area contributed by atoms with E-state index < -0.39 is 18.4 Å². The molecule has 1 amide bonds. The lowest BCUT2D eigenvalue weighted by Gasteiger charge is -2.23. The van der Waals surface area contributed by atoms with Gasteiger partial charge in [0.05, 0.1) is 12.1 Å². The highest BCUT2D eigenvalue weighted by atomic mass is 79.9. The summed E-state index contributed by atoms with van der Waals surface area (Å²) >= 11 is 3.35. The number of benzene rings is 1. The van der Waals surface area contributed by atoms with Crippen molar-refractivity contribution in [1.82, 2.24) is 4.90 Å². The van der Waals surface area contributed by atoms with Crippen molar-refractivity contribution in [2.45, 2.75) is 0 Å². The first-order valence-corrected chi connectivity index (χ1v) is 6.88. The molecule has 108 valence electrons. The van der Waals surface area contributed by atoms with Crippen LogP contribution in [-0.2, 0) is 9.59 Å². The Bertz CT molecular complexity index is 660. The zero-order valence-corrected chi connectivity index (χ0v) is 12.6. The van der Waals surface area contributed by atoms with Crippen LogP contribution in [0.2, 0.25) is 0 Å². The quantitative estimate of drug-likeness (QED) is 0.841. The Hall–Kier alpha value is -2.26. The highest BCUT2D eigenvalue weighted by molar-refractivity contribution is 9.10. The molecule has 6 heteroatoms. The predicted octanol–water partition coefficient (Wildman–Crippen LogP) is 1.77. The van der Waals surface area contributed by atoms with Gasteiger partial charge in [-0.3, -0.25) is 9.59 Å². The van der Waals surface area contributed by atoms with Crippen LogP contribution in [0.15, 0.2) is 28.2 Å². The Balaban J connectivity index is 2.26. The van der Waals surface area contributed by atoms with Crippen LogP contribution in [0, 0.1) is 12.3 Å². The number of carbonyl (C=O) groups excluding carboxylic acids is 1. The summed E-state index contributed by atoms with van der Waals surface area (Å²) in [5.74, 6) is 1.42. The summed E-state index contributed by atoms with van der Waals surface area (Å²) in [5, 5.41) is 8.83. The Morgan fingerprint density at radius 1 is 1.48 bits per heavy atom. The molecule has 1 aromatic rings. The molecule has 1 N–H and O–H groups in total. The zero-order chi connectivity index (χ0) is 15.4. The van der Waals surface area contributed by atoms with Gasteiger partial charge in [-0.2, -0.15) is 0 Å². The van der Waals surface area contributed by atoms with E-state index in [2.05, 4.69) is 21.9 Å². The summed E-state index contributed by atoms with van der Waals surface area (Å²) in [4.78, 5) is 24.2. The molecule has 2 rings (SSSR count). The first-order chi connectivity index (χ1) is 10.0. The van der Waals surface area contributed by atoms with Crippen molar-refractivity contribution >= 4 is 33.9 Å². The van der Waals surface area contributed by atoms with Crippen molar-refractivity contribution in [2.75, 3.05) is 19.7 Å². The van der Waals surface area contributed by atoms with Crippen LogP contribution in [0.5, 0.6) is 5.75 Å². The molecule has 1 aliphatic rings. The van der Waals surface area contributed by atoms with Gasteiger partial charge in [-0.05, 0) is 24.3 Å². The maximum atomic E-state index is 12.3. The highest BCUT2D eigenvalue weighted by Crippen LogP contribution is 2.29. The number of hydrogen-bond donors (Lipinski definition) is 1. The van der Waals surface area contributed by atoms with Gasteiger partial charge in [0.2, 0.25) is 0 Å². The zero-order valence-electron chi connectivity index (χ0n) is 11.0. The number of terminal acetylenes is 1. The molecule has 0 aromatic heterocycles. The molecule has 0 spiro atoms. The lowest BCUT2D eigenvalue weighted by Crippen LogP contribution is -2.38. The standard InChI is InChI=1S/C15H12BrNO4/c1-2-5-17(8-14(18)19)15(20)11-6-10-7-12(16)3-4-13(10)21-9-11/h1,3-4,6-7H,5,8-9H2,(H,18,19). The number of amides is 1. The van der Waals surface area contributed by atoms with E-state index in [9.17, 15) is 9.59 Å². The van der Waals surface area contributed by atoms with Gasteiger partial charge >= 0.3 is 5.97 Å². The maximum absolute atomic E-state index is 12.3. The Kier molecular flexibility index (Phi) is 4.66. The Morgan fingerprint density at radius 3 is 2.90 bits per heavy atom. The van der Waals surface area contributed by atoms with Crippen LogP contribution in [0.3, 0.4) is 0 Å². The molecule has 0 bridgehead atoms. The number of rotatable bonds is 4. The summed E-state index contributed by atoms with van der Waals surface area (Å²) < 4.78 is 6.37. The van der Waals surface area contributed by atoms with E-state index in [-0.39, 0.29) is 13.2 Å². The number of nitrogens with zero attached hydrogens (tertiary/aromatic N) is 1. The molecule has 0 unspecified atom stereocenters. The molecule has 1 aromatic carbocycles. The first-order valence-electron chi connectivity index (χ1n) is 6.08. The van der Waals surface area contributed by atoms with Crippen molar-refractivity contribution < 1.29 is 19.4 Å². The molecule has 1 heterocycles. The van der Waals surface area contributed by atoms with Gasteiger partial charge in [-0.1, -0.05) is 21.9 Å². The average molecular weight is 350 g/mol. The van der Waals surface area contributed by atoms with Gasteiger partial charge in [-0.15, -0.1) is 6.42 Å². The summed E-state index contributed by atoms with van der Waals surface area (Å²) in [6, 6.07) is 5.46. The lowest BCUT2D eigenvalue weighted by atomic mass is 10.1. The number of carboxylic acids is 1. The summed E-state index contributed by atoms with van der Waals surface area (Å²) in [6.45, 7) is -0.409. The van der Waals surface area contributed by atoms with Crippen molar-refractivity contribution in [1.29, 1.82) is 0 Å². The smallest absolute Gasteiger partial charge is 0.323 e. The van der Waals surface area contributed by atoms with Crippen molar-refractivity contribution in [3.8, 4) is 18.1 Å². The number of halogens is 1. The van der Waals surface area contributed by atoms with E-state index in [4.69, 9.17) is 16.3 Å². The molecule has 1 aliphatic heterocycles. The van der Waals surface area contributed by atoms with Crippen LogP contribution in [0.1, 0.15) is 5.56 Å². The largest absolute Gasteiger partial charge is 0.488 e. The van der Waals surface area contributed by atoms with Crippen LogP contribution in [-0.4, -0.2) is 41.6 Å². The molecule has 0 fully saturated rings. The van der Waals surface area contributed by atoms with E-state index in [1.165, 1.54) is 0 Å². The predicted molar refractivity (Wildman–Crippen MR) is 80.7 cm³/mol. The molecule has 21 heavy (non-hydrogen) atoms. The average Bonchev–Trinajstić information content (AvgIpc) is 2.44. The van der Waals surface area contributed by atoms with E-state index in [0.29, 0.717) is 11.3 Å². The van der Waals surface area contributed by atoms with Gasteiger partial charge in [-0.25, -0.2) is 0 Å². The summed E-state index contributed by atoms with van der Waals surface area (Å²) in [6.07, 6.45) is 6.87. The minimum Gasteiger partial charge on any atom is -0.488 e. The van der Waals surface area contributed by atoms with Gasteiger partial charge in [0.25, 0.3) is 5.91 Å². The number of hydrogen-bond acceptors (Lipinski definition) is 3. The van der Waals surface area contributed by atoms with Crippen LogP contribution in [0.25, 0.3) is 6.08 Å². The fraction of sp³-hybridized carbons (Fsp3) is 0.200. The number of carboxylic acid groups (broad SMARTS) is 1. The number of fused-ring (bicyclic) bond motifs is 1. The number of carbonyl (C=O) groups is 2. The van der Waals surface area contributed by atoms with E-state index in [0.717, 1.165) is 14.9 Å². The van der Waals surface area contributed by atoms with Crippen molar-refractivity contribution in [3.05, 3.63) is 33.8 Å². The molecular weight excluding hydrogens is 338 g/mol. The highest BCUT2D eigenvalue weighted by Gasteiger charge is 2.23. The molecule has 0 saturated carbocycles. The SMILES string of the molecule is C#CCN(CC(=O)O)C(=O)C1=Cc2cc(Br)ccc2OC1. The van der Waals surface area contributed by atoms with Crippen LogP contribution < -0.4 is 4.74 Å². The summed E-state index contributed by atoms with van der Waals surface area (Å²) in [7, 11) is 0. The van der Waals surface area contributed by atoms with E-state index in [1.807, 2.05) is 12.1 Å². The Labute approximate surface area is 130 Å². The van der Waals surface area contributed by atoms with Crippen LogP contribution in [0.4, 0.5) is 0 Å². The second-order valence-electron chi connectivity index (χ2n) is 4.40. The minimum atomic E-state index is -1.11. The van der Waals surface area contributed by atoms with Crippen molar-refractivity contribution in [3.63, 3.8) is 0 Å². The van der Waals surface area contributed by atoms with Gasteiger partial charge in [0.15, 0.2) is 0 Å². The third-order valence-electron chi connectivity index (χ3n) is 2.85. The molecule has 5 nitrogen and oxygen atoms in total. The third kappa shape index (κ3) is 3.64. The fourth-order valence-corrected chi connectivity index (χ4v) is 2.33. The second-order valence-corrected chi connectivity index (χ2v) is 5.32. The van der Waals surface area contributed by atoms with Gasteiger partial charge < -0.3 is 14.7 Å². The molecule has 0 radical (unpaired) electrons. The second kappa shape index (κ2) is 6.46. The van der Waals surface area contributed by atoms with Gasteiger partial charge in [0, 0.05) is 10.0 Å². The molecular formula is C15H12BrNO4. The van der Waals surface area contributed by atoms with E-state index in [1.54, 1.807) is 12.1 Å². The number of ether oxygens (including phenoxy) is 1. The monoisotopic (exact) mass is 349 g/mol. The third-order valence-corrected chi connectivity index (χ3v) is 3.35. The molecule has 0 saturated heterocycles. The first kappa shape index (κ1) is 15.1. The molecule has 0 atom stereocenters. The topological polar surface area (TPSA) is 66.8 Å². The normalized spacial score (nSPS) is 12.5. The lowest BCUT2D eigenvalue weighted by molar-refractivity contribution is -0.142. The summed E-state index contributed by atoms with van der Waals surface area (Å²) in [5.41, 5.74) is 1.13. The van der Waals surface area contributed by atoms with E-state index >= 15 is 0 Å².